The lowest BCUT2D eigenvalue weighted by atomic mass is 9.99. The number of benzene rings is 1. The van der Waals surface area contributed by atoms with E-state index in [1.165, 1.54) is 9.75 Å². The molecule has 1 N–H and O–H groups in total. The molecule has 3 heterocycles. The van der Waals surface area contributed by atoms with Crippen LogP contribution in [0, 0.1) is 6.92 Å². The van der Waals surface area contributed by atoms with E-state index in [1.807, 2.05) is 18.2 Å². The normalized spacial score (nSPS) is 20.0. The van der Waals surface area contributed by atoms with Gasteiger partial charge in [0.15, 0.2) is 0 Å². The van der Waals surface area contributed by atoms with Crippen molar-refractivity contribution in [1.82, 2.24) is 9.88 Å². The SMILES string of the molecule is Cc1ccc(C(c2nc3ccccc3s2)N2CCCCC2C(=O)O)s1. The molecule has 0 spiro atoms. The van der Waals surface area contributed by atoms with Gasteiger partial charge < -0.3 is 5.11 Å². The maximum absolute atomic E-state index is 11.9. The predicted octanol–water partition coefficient (Wildman–Crippen LogP) is 4.69. The summed E-state index contributed by atoms with van der Waals surface area (Å²) in [5.41, 5.74) is 0.990. The van der Waals surface area contributed by atoms with Gasteiger partial charge in [-0.05, 0) is 44.0 Å². The van der Waals surface area contributed by atoms with Crippen LogP contribution in [0.4, 0.5) is 0 Å². The van der Waals surface area contributed by atoms with E-state index < -0.39 is 12.0 Å². The van der Waals surface area contributed by atoms with Gasteiger partial charge in [0.25, 0.3) is 0 Å². The molecule has 1 fully saturated rings. The number of piperidine rings is 1. The third-order valence-electron chi connectivity index (χ3n) is 4.74. The van der Waals surface area contributed by atoms with Crippen molar-refractivity contribution in [3.8, 4) is 0 Å². The van der Waals surface area contributed by atoms with Crippen molar-refractivity contribution in [2.45, 2.75) is 38.3 Å². The number of aliphatic carboxylic acids is 1. The molecule has 25 heavy (non-hydrogen) atoms. The van der Waals surface area contributed by atoms with Crippen LogP contribution in [0.2, 0.25) is 0 Å². The van der Waals surface area contributed by atoms with Crippen molar-refractivity contribution >= 4 is 38.9 Å². The summed E-state index contributed by atoms with van der Waals surface area (Å²) in [6.07, 6.45) is 2.72. The molecule has 0 aliphatic carbocycles. The van der Waals surface area contributed by atoms with E-state index in [4.69, 9.17) is 4.98 Å². The minimum Gasteiger partial charge on any atom is -0.480 e. The van der Waals surface area contributed by atoms with Gasteiger partial charge in [-0.25, -0.2) is 4.98 Å². The van der Waals surface area contributed by atoms with Gasteiger partial charge in [-0.2, -0.15) is 0 Å². The second-order valence-electron chi connectivity index (χ2n) is 6.46. The first kappa shape index (κ1) is 16.7. The maximum Gasteiger partial charge on any atom is 0.320 e. The zero-order valence-corrected chi connectivity index (χ0v) is 15.6. The Hall–Kier alpha value is -1.76. The standard InChI is InChI=1S/C19H20N2O2S2/c1-12-9-10-16(24-12)17(21-11-5-4-7-14(21)19(22)23)18-20-13-6-2-3-8-15(13)25-18/h2-3,6,8-10,14,17H,4-5,7,11H2,1H3,(H,22,23). The number of thiophene rings is 1. The number of carbonyl (C=O) groups is 1. The quantitative estimate of drug-likeness (QED) is 0.721. The molecule has 130 valence electrons. The largest absolute Gasteiger partial charge is 0.480 e. The minimum absolute atomic E-state index is 0.0718. The van der Waals surface area contributed by atoms with Crippen LogP contribution in [0.1, 0.15) is 40.1 Å². The number of rotatable bonds is 4. The Bertz CT molecular complexity index is 869. The lowest BCUT2D eigenvalue weighted by molar-refractivity contribution is -0.145. The van der Waals surface area contributed by atoms with Gasteiger partial charge in [0.05, 0.1) is 16.3 Å². The van der Waals surface area contributed by atoms with E-state index in [1.54, 1.807) is 22.7 Å². The van der Waals surface area contributed by atoms with Gasteiger partial charge in [-0.15, -0.1) is 22.7 Å². The molecule has 3 aromatic rings. The Kier molecular flexibility index (Phi) is 4.58. The molecular formula is C19H20N2O2S2. The number of carboxylic acid groups (broad SMARTS) is 1. The molecule has 1 saturated heterocycles. The molecule has 0 radical (unpaired) electrons. The van der Waals surface area contributed by atoms with Crippen molar-refractivity contribution in [2.24, 2.45) is 0 Å². The number of para-hydroxylation sites is 1. The minimum atomic E-state index is -0.723. The van der Waals surface area contributed by atoms with Crippen molar-refractivity contribution in [3.63, 3.8) is 0 Å². The molecule has 0 amide bonds. The Balaban J connectivity index is 1.82. The molecule has 4 rings (SSSR count). The Morgan fingerprint density at radius 2 is 2.08 bits per heavy atom. The highest BCUT2D eigenvalue weighted by Gasteiger charge is 2.37. The number of aromatic nitrogens is 1. The number of nitrogens with zero attached hydrogens (tertiary/aromatic N) is 2. The highest BCUT2D eigenvalue weighted by atomic mass is 32.1. The van der Waals surface area contributed by atoms with E-state index in [-0.39, 0.29) is 6.04 Å². The third-order valence-corrected chi connectivity index (χ3v) is 6.88. The van der Waals surface area contributed by atoms with Crippen LogP contribution >= 0.6 is 22.7 Å². The smallest absolute Gasteiger partial charge is 0.320 e. The summed E-state index contributed by atoms with van der Waals surface area (Å²) in [5.74, 6) is -0.723. The summed E-state index contributed by atoms with van der Waals surface area (Å²) in [6, 6.07) is 11.9. The first-order valence-electron chi connectivity index (χ1n) is 8.54. The molecule has 2 unspecified atom stereocenters. The number of carboxylic acids is 1. The number of hydrogen-bond donors (Lipinski definition) is 1. The average molecular weight is 373 g/mol. The number of likely N-dealkylation sites (tertiary alicyclic amines) is 1. The van der Waals surface area contributed by atoms with Gasteiger partial charge in [-0.3, -0.25) is 9.69 Å². The first-order valence-corrected chi connectivity index (χ1v) is 10.2. The van der Waals surface area contributed by atoms with Crippen molar-refractivity contribution < 1.29 is 9.90 Å². The molecule has 0 saturated carbocycles. The first-order chi connectivity index (χ1) is 12.1. The molecule has 0 bridgehead atoms. The van der Waals surface area contributed by atoms with Crippen LogP contribution in [-0.2, 0) is 4.79 Å². The van der Waals surface area contributed by atoms with Crippen LogP contribution in [0.25, 0.3) is 10.2 Å². The van der Waals surface area contributed by atoms with Crippen LogP contribution < -0.4 is 0 Å². The molecular weight excluding hydrogens is 352 g/mol. The lowest BCUT2D eigenvalue weighted by Crippen LogP contribution is -2.46. The molecule has 1 aliphatic heterocycles. The van der Waals surface area contributed by atoms with Crippen LogP contribution in [0.15, 0.2) is 36.4 Å². The predicted molar refractivity (Wildman–Crippen MR) is 102 cm³/mol. The van der Waals surface area contributed by atoms with Gasteiger partial charge in [-0.1, -0.05) is 18.6 Å². The molecule has 2 atom stereocenters. The highest BCUT2D eigenvalue weighted by molar-refractivity contribution is 7.19. The van der Waals surface area contributed by atoms with Crippen molar-refractivity contribution in [1.29, 1.82) is 0 Å². The van der Waals surface area contributed by atoms with Crippen LogP contribution in [0.5, 0.6) is 0 Å². The fourth-order valence-electron chi connectivity index (χ4n) is 3.56. The van der Waals surface area contributed by atoms with Crippen LogP contribution in [0.3, 0.4) is 0 Å². The second-order valence-corrected chi connectivity index (χ2v) is 8.84. The summed E-state index contributed by atoms with van der Waals surface area (Å²) in [4.78, 5) is 21.3. The highest BCUT2D eigenvalue weighted by Crippen LogP contribution is 2.40. The van der Waals surface area contributed by atoms with Crippen LogP contribution in [-0.4, -0.2) is 33.5 Å². The van der Waals surface area contributed by atoms with E-state index in [0.717, 1.165) is 34.6 Å². The van der Waals surface area contributed by atoms with E-state index in [9.17, 15) is 9.90 Å². The van der Waals surface area contributed by atoms with Gasteiger partial charge in [0, 0.05) is 16.3 Å². The lowest BCUT2D eigenvalue weighted by Gasteiger charge is -2.37. The van der Waals surface area contributed by atoms with Crippen molar-refractivity contribution in [3.05, 3.63) is 51.2 Å². The average Bonchev–Trinajstić information content (AvgIpc) is 3.22. The van der Waals surface area contributed by atoms with Gasteiger partial charge in [0.1, 0.15) is 11.0 Å². The summed E-state index contributed by atoms with van der Waals surface area (Å²) in [7, 11) is 0. The van der Waals surface area contributed by atoms with Gasteiger partial charge in [0.2, 0.25) is 0 Å². The zero-order valence-electron chi connectivity index (χ0n) is 14.0. The molecule has 1 aliphatic rings. The van der Waals surface area contributed by atoms with E-state index in [0.29, 0.717) is 6.42 Å². The van der Waals surface area contributed by atoms with Gasteiger partial charge >= 0.3 is 5.97 Å². The topological polar surface area (TPSA) is 53.4 Å². The summed E-state index contributed by atoms with van der Waals surface area (Å²) >= 11 is 3.42. The molecule has 1 aromatic carbocycles. The van der Waals surface area contributed by atoms with E-state index >= 15 is 0 Å². The number of thiazole rings is 1. The van der Waals surface area contributed by atoms with E-state index in [2.05, 4.69) is 30.0 Å². The molecule has 2 aromatic heterocycles. The Labute approximate surface area is 154 Å². The fraction of sp³-hybridized carbons (Fsp3) is 0.368. The molecule has 6 heteroatoms. The fourth-order valence-corrected chi connectivity index (χ4v) is 5.75. The Morgan fingerprint density at radius 1 is 1.24 bits per heavy atom. The van der Waals surface area contributed by atoms with Crippen molar-refractivity contribution in [2.75, 3.05) is 6.54 Å². The Morgan fingerprint density at radius 3 is 2.80 bits per heavy atom. The number of fused-ring (bicyclic) bond motifs is 1. The summed E-state index contributed by atoms with van der Waals surface area (Å²) in [6.45, 7) is 2.89. The zero-order chi connectivity index (χ0) is 17.4. The summed E-state index contributed by atoms with van der Waals surface area (Å²) < 4.78 is 1.15. The second kappa shape index (κ2) is 6.86. The third kappa shape index (κ3) is 3.21. The number of aryl methyl sites for hydroxylation is 1. The molecule has 4 nitrogen and oxygen atoms in total. The monoisotopic (exact) mass is 372 g/mol. The summed E-state index contributed by atoms with van der Waals surface area (Å²) in [5, 5.41) is 10.7. The maximum atomic E-state index is 11.9. The number of hydrogen-bond acceptors (Lipinski definition) is 5.